The molecular formula is C18H18ClF2N3O2S. The second kappa shape index (κ2) is 10.2. The van der Waals surface area contributed by atoms with E-state index in [9.17, 15) is 18.4 Å². The fourth-order valence-corrected chi connectivity index (χ4v) is 2.83. The molecule has 0 saturated carbocycles. The standard InChI is InChI=1S/C18H18ClF2N3O2S/c1-24(10-16(25)22-13-4-2-12(19)3-5-13)11-17(26)23-14-6-8-15(9-7-14)27-18(20)21/h2-9,18H,10-11H2,1H3,(H,22,25)(H,23,26). The van der Waals surface area contributed by atoms with Gasteiger partial charge in [0.15, 0.2) is 0 Å². The van der Waals surface area contributed by atoms with Crippen molar-refractivity contribution in [2.24, 2.45) is 0 Å². The third kappa shape index (κ3) is 7.94. The fraction of sp³-hybridized carbons (Fsp3) is 0.222. The summed E-state index contributed by atoms with van der Waals surface area (Å²) in [5.41, 5.74) is 1.11. The molecule has 0 bridgehead atoms. The number of rotatable bonds is 8. The van der Waals surface area contributed by atoms with Gasteiger partial charge in [0, 0.05) is 21.3 Å². The summed E-state index contributed by atoms with van der Waals surface area (Å²) in [5.74, 6) is -3.06. The van der Waals surface area contributed by atoms with E-state index >= 15 is 0 Å². The van der Waals surface area contributed by atoms with Crippen molar-refractivity contribution in [2.75, 3.05) is 30.8 Å². The quantitative estimate of drug-likeness (QED) is 0.638. The van der Waals surface area contributed by atoms with Gasteiger partial charge in [-0.25, -0.2) is 0 Å². The second-order valence-corrected chi connectivity index (χ2v) is 7.18. The van der Waals surface area contributed by atoms with Crippen LogP contribution >= 0.6 is 23.4 Å². The summed E-state index contributed by atoms with van der Waals surface area (Å²) in [5, 5.41) is 5.94. The summed E-state index contributed by atoms with van der Waals surface area (Å²) >= 11 is 6.23. The van der Waals surface area contributed by atoms with E-state index in [1.807, 2.05) is 0 Å². The van der Waals surface area contributed by atoms with Crippen LogP contribution < -0.4 is 10.6 Å². The van der Waals surface area contributed by atoms with Gasteiger partial charge in [0.25, 0.3) is 5.76 Å². The third-order valence-corrected chi connectivity index (χ3v) is 4.29. The molecule has 2 rings (SSSR count). The van der Waals surface area contributed by atoms with Crippen molar-refractivity contribution in [3.63, 3.8) is 0 Å². The first kappa shape index (κ1) is 21.1. The Kier molecular flexibility index (Phi) is 8.02. The maximum Gasteiger partial charge on any atom is 0.288 e. The highest BCUT2D eigenvalue weighted by Gasteiger charge is 2.12. The molecule has 5 nitrogen and oxygen atoms in total. The molecule has 0 atom stereocenters. The van der Waals surface area contributed by atoms with Gasteiger partial charge >= 0.3 is 0 Å². The van der Waals surface area contributed by atoms with Crippen molar-refractivity contribution < 1.29 is 18.4 Å². The molecule has 0 saturated heterocycles. The molecule has 0 spiro atoms. The fourth-order valence-electron chi connectivity index (χ4n) is 2.20. The van der Waals surface area contributed by atoms with Gasteiger partial charge in [-0.05, 0) is 55.6 Å². The van der Waals surface area contributed by atoms with E-state index in [4.69, 9.17) is 11.6 Å². The minimum Gasteiger partial charge on any atom is -0.325 e. The molecule has 0 heterocycles. The molecule has 2 aromatic carbocycles. The molecule has 0 unspecified atom stereocenters. The maximum atomic E-state index is 12.3. The Morgan fingerprint density at radius 1 is 0.963 bits per heavy atom. The maximum absolute atomic E-state index is 12.3. The molecule has 0 aliphatic heterocycles. The van der Waals surface area contributed by atoms with Gasteiger partial charge < -0.3 is 10.6 Å². The van der Waals surface area contributed by atoms with Crippen LogP contribution in [-0.4, -0.2) is 42.6 Å². The Labute approximate surface area is 165 Å². The Morgan fingerprint density at radius 3 is 1.85 bits per heavy atom. The first-order valence-electron chi connectivity index (χ1n) is 7.90. The van der Waals surface area contributed by atoms with Gasteiger partial charge in [-0.1, -0.05) is 23.4 Å². The molecule has 0 aromatic heterocycles. The number of benzene rings is 2. The Bertz CT molecular complexity index is 773. The SMILES string of the molecule is CN(CC(=O)Nc1ccc(Cl)cc1)CC(=O)Nc1ccc(SC(F)F)cc1. The largest absolute Gasteiger partial charge is 0.325 e. The minimum absolute atomic E-state index is 0.00156. The van der Waals surface area contributed by atoms with Crippen LogP contribution in [0.4, 0.5) is 20.2 Å². The van der Waals surface area contributed by atoms with E-state index in [0.29, 0.717) is 33.1 Å². The van der Waals surface area contributed by atoms with E-state index in [1.165, 1.54) is 12.1 Å². The van der Waals surface area contributed by atoms with E-state index in [-0.39, 0.29) is 24.9 Å². The van der Waals surface area contributed by atoms with Crippen molar-refractivity contribution in [1.82, 2.24) is 4.90 Å². The van der Waals surface area contributed by atoms with Gasteiger partial charge in [0.1, 0.15) is 0 Å². The number of hydrogen-bond donors (Lipinski definition) is 2. The van der Waals surface area contributed by atoms with Crippen LogP contribution in [0.2, 0.25) is 5.02 Å². The molecular weight excluding hydrogens is 396 g/mol. The van der Waals surface area contributed by atoms with Gasteiger partial charge in [0.05, 0.1) is 13.1 Å². The van der Waals surface area contributed by atoms with Crippen LogP contribution in [0.1, 0.15) is 0 Å². The predicted molar refractivity (Wildman–Crippen MR) is 105 cm³/mol. The molecule has 144 valence electrons. The number of nitrogens with one attached hydrogen (secondary N) is 2. The van der Waals surface area contributed by atoms with Crippen LogP contribution in [0.5, 0.6) is 0 Å². The lowest BCUT2D eigenvalue weighted by atomic mass is 10.3. The summed E-state index contributed by atoms with van der Waals surface area (Å²) in [6.07, 6.45) is 0. The highest BCUT2D eigenvalue weighted by Crippen LogP contribution is 2.26. The molecule has 0 aliphatic rings. The number of thioether (sulfide) groups is 1. The summed E-state index contributed by atoms with van der Waals surface area (Å²) in [7, 11) is 1.64. The molecule has 27 heavy (non-hydrogen) atoms. The highest BCUT2D eigenvalue weighted by atomic mass is 35.5. The highest BCUT2D eigenvalue weighted by molar-refractivity contribution is 7.99. The Morgan fingerprint density at radius 2 is 1.41 bits per heavy atom. The Balaban J connectivity index is 1.77. The molecule has 2 N–H and O–H groups in total. The van der Waals surface area contributed by atoms with Gasteiger partial charge in [-0.2, -0.15) is 8.78 Å². The lowest BCUT2D eigenvalue weighted by Crippen LogP contribution is -2.36. The average Bonchev–Trinajstić information content (AvgIpc) is 2.58. The number of carbonyl (C=O) groups excluding carboxylic acids is 2. The number of anilines is 2. The zero-order valence-electron chi connectivity index (χ0n) is 14.4. The van der Waals surface area contributed by atoms with Crippen molar-refractivity contribution >= 4 is 46.6 Å². The second-order valence-electron chi connectivity index (χ2n) is 5.68. The van der Waals surface area contributed by atoms with Crippen LogP contribution in [0.15, 0.2) is 53.4 Å². The number of likely N-dealkylation sites (N-methyl/N-ethyl adjacent to an activating group) is 1. The monoisotopic (exact) mass is 413 g/mol. The average molecular weight is 414 g/mol. The number of nitrogens with zero attached hydrogens (tertiary/aromatic N) is 1. The normalized spacial score (nSPS) is 10.9. The number of amides is 2. The van der Waals surface area contributed by atoms with Crippen molar-refractivity contribution in [3.8, 4) is 0 Å². The first-order valence-corrected chi connectivity index (χ1v) is 9.16. The van der Waals surface area contributed by atoms with Gasteiger partial charge in [0.2, 0.25) is 11.8 Å². The number of hydrogen-bond acceptors (Lipinski definition) is 4. The zero-order valence-corrected chi connectivity index (χ0v) is 16.0. The van der Waals surface area contributed by atoms with Crippen molar-refractivity contribution in [3.05, 3.63) is 53.6 Å². The van der Waals surface area contributed by atoms with Crippen LogP contribution in [0, 0.1) is 0 Å². The summed E-state index contributed by atoms with van der Waals surface area (Å²) in [6.45, 7) is 0.0294. The zero-order chi connectivity index (χ0) is 19.8. The van der Waals surface area contributed by atoms with E-state index in [2.05, 4.69) is 10.6 Å². The number of carbonyl (C=O) groups is 2. The Hall–Kier alpha value is -2.16. The van der Waals surface area contributed by atoms with E-state index < -0.39 is 5.76 Å². The van der Waals surface area contributed by atoms with Crippen molar-refractivity contribution in [2.45, 2.75) is 10.7 Å². The molecule has 9 heteroatoms. The van der Waals surface area contributed by atoms with Gasteiger partial charge in [-0.3, -0.25) is 14.5 Å². The molecule has 2 aromatic rings. The van der Waals surface area contributed by atoms with E-state index in [1.54, 1.807) is 48.3 Å². The minimum atomic E-state index is -2.49. The summed E-state index contributed by atoms with van der Waals surface area (Å²) in [6, 6.07) is 12.8. The van der Waals surface area contributed by atoms with Crippen LogP contribution in [0.25, 0.3) is 0 Å². The smallest absolute Gasteiger partial charge is 0.288 e. The molecule has 0 radical (unpaired) electrons. The summed E-state index contributed by atoms with van der Waals surface area (Å²) in [4.78, 5) is 26.0. The first-order chi connectivity index (χ1) is 12.8. The topological polar surface area (TPSA) is 61.4 Å². The van der Waals surface area contributed by atoms with Crippen LogP contribution in [0.3, 0.4) is 0 Å². The lowest BCUT2D eigenvalue weighted by molar-refractivity contribution is -0.119. The number of alkyl halides is 2. The summed E-state index contributed by atoms with van der Waals surface area (Å²) < 4.78 is 24.6. The lowest BCUT2D eigenvalue weighted by Gasteiger charge is -2.16. The molecule has 2 amide bonds. The molecule has 0 aliphatic carbocycles. The van der Waals surface area contributed by atoms with Crippen molar-refractivity contribution in [1.29, 1.82) is 0 Å². The van der Waals surface area contributed by atoms with Crippen LogP contribution in [-0.2, 0) is 9.59 Å². The molecule has 0 fully saturated rings. The predicted octanol–water partition coefficient (Wildman–Crippen LogP) is 4.16. The van der Waals surface area contributed by atoms with E-state index in [0.717, 1.165) is 0 Å². The van der Waals surface area contributed by atoms with Gasteiger partial charge in [-0.15, -0.1) is 0 Å². The number of halogens is 3. The third-order valence-electron chi connectivity index (χ3n) is 3.32.